The number of benzene rings is 1. The zero-order valence-electron chi connectivity index (χ0n) is 15.9. The van der Waals surface area contributed by atoms with E-state index in [0.29, 0.717) is 29.5 Å². The summed E-state index contributed by atoms with van der Waals surface area (Å²) >= 11 is 6.01. The lowest BCUT2D eigenvalue weighted by molar-refractivity contribution is 0.185. The first-order valence-corrected chi connectivity index (χ1v) is 9.48. The number of allylic oxidation sites excluding steroid dienone is 1. The molecule has 1 aromatic heterocycles. The lowest BCUT2D eigenvalue weighted by atomic mass is 9.84. The first kappa shape index (κ1) is 20.0. The molecule has 1 aliphatic rings. The van der Waals surface area contributed by atoms with Gasteiger partial charge in [0, 0.05) is 30.4 Å². The van der Waals surface area contributed by atoms with E-state index in [9.17, 15) is 10.1 Å². The number of fused-ring (bicyclic) bond motifs is 1. The summed E-state index contributed by atoms with van der Waals surface area (Å²) in [6.45, 7) is 2.88. The fourth-order valence-electron chi connectivity index (χ4n) is 3.50. The first-order valence-electron chi connectivity index (χ1n) is 9.10. The second-order valence-electron chi connectivity index (χ2n) is 6.59. The summed E-state index contributed by atoms with van der Waals surface area (Å²) in [5.41, 5.74) is 8.07. The van der Waals surface area contributed by atoms with Gasteiger partial charge in [0.1, 0.15) is 17.4 Å². The average Bonchev–Trinajstić information content (AvgIpc) is 2.67. The predicted molar refractivity (Wildman–Crippen MR) is 107 cm³/mol. The van der Waals surface area contributed by atoms with Gasteiger partial charge in [-0.1, -0.05) is 37.1 Å². The Kier molecular flexibility index (Phi) is 6.08. The number of aryl methyl sites for hydroxylation is 1. The normalized spacial score (nSPS) is 15.7. The van der Waals surface area contributed by atoms with Crippen molar-refractivity contribution < 1.29 is 9.47 Å². The third-order valence-electron chi connectivity index (χ3n) is 4.80. The van der Waals surface area contributed by atoms with Crippen LogP contribution in [0, 0.1) is 11.3 Å². The molecule has 0 amide bonds. The minimum absolute atomic E-state index is 0.0199. The summed E-state index contributed by atoms with van der Waals surface area (Å²) < 4.78 is 12.6. The predicted octanol–water partition coefficient (Wildman–Crippen LogP) is 3.32. The Morgan fingerprint density at radius 2 is 2.07 bits per heavy atom. The number of hydrogen-bond donors (Lipinski definition) is 1. The van der Waals surface area contributed by atoms with Crippen LogP contribution in [0.3, 0.4) is 0 Å². The Bertz CT molecular complexity index is 1000. The molecule has 6 nitrogen and oxygen atoms in total. The zero-order chi connectivity index (χ0) is 20.3. The molecule has 146 valence electrons. The van der Waals surface area contributed by atoms with E-state index in [4.69, 9.17) is 26.8 Å². The summed E-state index contributed by atoms with van der Waals surface area (Å²) in [7, 11) is 1.60. The fourth-order valence-corrected chi connectivity index (χ4v) is 3.62. The summed E-state index contributed by atoms with van der Waals surface area (Å²) in [6.07, 6.45) is 1.59. The number of rotatable bonds is 6. The van der Waals surface area contributed by atoms with E-state index in [-0.39, 0.29) is 17.0 Å². The number of hydrogen-bond acceptors (Lipinski definition) is 5. The lowest BCUT2D eigenvalue weighted by Gasteiger charge is -2.28. The van der Waals surface area contributed by atoms with Crippen molar-refractivity contribution in [3.63, 3.8) is 0 Å². The molecule has 7 heteroatoms. The average molecular weight is 400 g/mol. The third kappa shape index (κ3) is 3.64. The van der Waals surface area contributed by atoms with Crippen molar-refractivity contribution >= 4 is 11.6 Å². The molecule has 2 aromatic rings. The van der Waals surface area contributed by atoms with Gasteiger partial charge in [-0.25, -0.2) is 0 Å². The van der Waals surface area contributed by atoms with Crippen molar-refractivity contribution in [1.82, 2.24) is 4.57 Å². The summed E-state index contributed by atoms with van der Waals surface area (Å²) in [6, 6.07) is 11.0. The van der Waals surface area contributed by atoms with Crippen LogP contribution >= 0.6 is 11.6 Å². The van der Waals surface area contributed by atoms with Gasteiger partial charge in [-0.2, -0.15) is 5.26 Å². The molecule has 0 radical (unpaired) electrons. The van der Waals surface area contributed by atoms with Gasteiger partial charge < -0.3 is 19.8 Å². The van der Waals surface area contributed by atoms with E-state index in [1.807, 2.05) is 13.0 Å². The molecule has 0 fully saturated rings. The largest absolute Gasteiger partial charge is 0.440 e. The molecular weight excluding hydrogens is 378 g/mol. The maximum absolute atomic E-state index is 13.5. The number of nitrogens with two attached hydrogens (primary N) is 1. The number of nitrogens with zero attached hydrogens (tertiary/aromatic N) is 2. The van der Waals surface area contributed by atoms with E-state index in [1.165, 1.54) is 0 Å². The van der Waals surface area contributed by atoms with Crippen LogP contribution < -0.4 is 16.0 Å². The number of halogens is 1. The summed E-state index contributed by atoms with van der Waals surface area (Å²) in [4.78, 5) is 13.5. The molecule has 0 saturated carbocycles. The van der Waals surface area contributed by atoms with Gasteiger partial charge >= 0.3 is 0 Å². The van der Waals surface area contributed by atoms with Crippen LogP contribution in [0.15, 0.2) is 46.6 Å². The maximum atomic E-state index is 13.5. The van der Waals surface area contributed by atoms with Gasteiger partial charge in [-0.15, -0.1) is 0 Å². The molecule has 3 rings (SSSR count). The number of nitriles is 1. The molecule has 0 spiro atoms. The van der Waals surface area contributed by atoms with Crippen molar-refractivity contribution in [3.8, 4) is 11.8 Å². The second kappa shape index (κ2) is 8.51. The van der Waals surface area contributed by atoms with Crippen LogP contribution in [0.4, 0.5) is 0 Å². The minimum atomic E-state index is -0.608. The van der Waals surface area contributed by atoms with E-state index in [0.717, 1.165) is 24.1 Å². The highest BCUT2D eigenvalue weighted by atomic mass is 35.5. The van der Waals surface area contributed by atoms with E-state index < -0.39 is 5.92 Å². The van der Waals surface area contributed by atoms with Crippen molar-refractivity contribution in [2.24, 2.45) is 5.73 Å². The molecule has 1 unspecified atom stereocenters. The highest BCUT2D eigenvalue weighted by molar-refractivity contribution is 6.30. The molecule has 1 aliphatic heterocycles. The molecule has 1 atom stereocenters. The monoisotopic (exact) mass is 399 g/mol. The van der Waals surface area contributed by atoms with E-state index in [2.05, 4.69) is 6.07 Å². The number of aromatic nitrogens is 1. The van der Waals surface area contributed by atoms with Crippen LogP contribution in [0.1, 0.15) is 36.1 Å². The van der Waals surface area contributed by atoms with E-state index in [1.54, 1.807) is 35.9 Å². The second-order valence-corrected chi connectivity index (χ2v) is 7.03. The minimum Gasteiger partial charge on any atom is -0.440 e. The molecule has 1 aromatic carbocycles. The molecule has 0 saturated heterocycles. The van der Waals surface area contributed by atoms with Crippen LogP contribution in [-0.4, -0.2) is 18.3 Å². The van der Waals surface area contributed by atoms with Gasteiger partial charge in [-0.3, -0.25) is 4.79 Å². The summed E-state index contributed by atoms with van der Waals surface area (Å²) in [5, 5.41) is 10.3. The maximum Gasteiger partial charge on any atom is 0.258 e. The van der Waals surface area contributed by atoms with E-state index >= 15 is 0 Å². The topological polar surface area (TPSA) is 90.3 Å². The number of ether oxygens (including phenoxy) is 2. The highest BCUT2D eigenvalue weighted by Gasteiger charge is 2.34. The van der Waals surface area contributed by atoms with Gasteiger partial charge in [0.15, 0.2) is 0 Å². The van der Waals surface area contributed by atoms with Gasteiger partial charge in [0.2, 0.25) is 5.88 Å². The Morgan fingerprint density at radius 1 is 1.36 bits per heavy atom. The lowest BCUT2D eigenvalue weighted by Crippen LogP contribution is -2.34. The quantitative estimate of drug-likeness (QED) is 0.804. The Labute approximate surface area is 168 Å². The molecule has 2 N–H and O–H groups in total. The molecule has 28 heavy (non-hydrogen) atoms. The number of methoxy groups -OCH3 is 1. The fraction of sp³-hybridized carbons (Fsp3) is 0.333. The van der Waals surface area contributed by atoms with Crippen LogP contribution in [0.25, 0.3) is 0 Å². The zero-order valence-corrected chi connectivity index (χ0v) is 16.6. The van der Waals surface area contributed by atoms with Gasteiger partial charge in [0.05, 0.1) is 18.1 Å². The highest BCUT2D eigenvalue weighted by Crippen LogP contribution is 2.40. The van der Waals surface area contributed by atoms with Crippen LogP contribution in [0.2, 0.25) is 5.02 Å². The molecule has 0 bridgehead atoms. The van der Waals surface area contributed by atoms with Crippen molar-refractivity contribution in [3.05, 3.63) is 74.0 Å². The van der Waals surface area contributed by atoms with Crippen molar-refractivity contribution in [1.29, 1.82) is 5.26 Å². The standard InChI is InChI=1S/C21H22ClN3O3/c1-3-4-15-11-17-19(21(26)25(15)9-10-27-2)18(16(12-23)20(24)28-17)13-5-7-14(22)8-6-13/h5-8,11,18H,3-4,9-10,24H2,1-2H3. The van der Waals surface area contributed by atoms with Gasteiger partial charge in [-0.05, 0) is 24.1 Å². The van der Waals surface area contributed by atoms with Crippen LogP contribution in [0.5, 0.6) is 5.75 Å². The van der Waals surface area contributed by atoms with Crippen LogP contribution in [-0.2, 0) is 17.7 Å². The van der Waals surface area contributed by atoms with Gasteiger partial charge in [0.25, 0.3) is 5.56 Å². The molecular formula is C21H22ClN3O3. The van der Waals surface area contributed by atoms with Crippen molar-refractivity contribution in [2.45, 2.75) is 32.2 Å². The Balaban J connectivity index is 2.26. The molecule has 0 aliphatic carbocycles. The summed E-state index contributed by atoms with van der Waals surface area (Å²) in [5.74, 6) is -0.187. The third-order valence-corrected chi connectivity index (χ3v) is 5.05. The Morgan fingerprint density at radius 3 is 2.68 bits per heavy atom. The smallest absolute Gasteiger partial charge is 0.258 e. The first-order chi connectivity index (χ1) is 13.5. The van der Waals surface area contributed by atoms with Crippen molar-refractivity contribution in [2.75, 3.05) is 13.7 Å². The SMILES string of the molecule is CCCc1cc2c(c(=O)n1CCOC)C(c1ccc(Cl)cc1)C(C#N)=C(N)O2. The molecule has 2 heterocycles. The number of pyridine rings is 1. The Hall–Kier alpha value is -2.75.